The van der Waals surface area contributed by atoms with Crippen molar-refractivity contribution in [1.82, 2.24) is 25.5 Å². The minimum Gasteiger partial charge on any atom is -0.488 e. The van der Waals surface area contributed by atoms with Gasteiger partial charge in [0.25, 0.3) is 5.91 Å². The average Bonchev–Trinajstić information content (AvgIpc) is 3.84. The third-order valence-corrected chi connectivity index (χ3v) is 7.83. The summed E-state index contributed by atoms with van der Waals surface area (Å²) >= 11 is 0. The molecule has 1 aliphatic carbocycles. The summed E-state index contributed by atoms with van der Waals surface area (Å²) in [6.07, 6.45) is 2.43. The van der Waals surface area contributed by atoms with Gasteiger partial charge >= 0.3 is 6.09 Å². The summed E-state index contributed by atoms with van der Waals surface area (Å²) in [5.74, 6) is 1.05. The number of ether oxygens (including phenoxy) is 5. The second kappa shape index (κ2) is 14.6. The third-order valence-electron chi connectivity index (χ3n) is 7.83. The van der Waals surface area contributed by atoms with Gasteiger partial charge in [0.05, 0.1) is 30.7 Å². The Morgan fingerprint density at radius 2 is 1.83 bits per heavy atom. The van der Waals surface area contributed by atoms with E-state index in [9.17, 15) is 9.59 Å². The van der Waals surface area contributed by atoms with E-state index in [1.807, 2.05) is 50.2 Å². The standard InChI is InChI=1S/C34H38N6O7/c1-20(2)36-34(42)46-24-13-12-23(16-24)25-17-28(40-39-25)37-32(41)31-21(3)35-18-29(38-31)47-27-11-7-10-26(30(27)33-43-14-15-44-33)45-19-22-8-5-4-6-9-22/h4-11,17-18,20,23-24,33H,12-16,19H2,1-3H3,(H,36,42)(H2,37,39,40,41)/t23-,24+/m0/s1. The highest BCUT2D eigenvalue weighted by atomic mass is 16.7. The van der Waals surface area contributed by atoms with Gasteiger partial charge < -0.3 is 34.3 Å². The normalized spacial score (nSPS) is 17.9. The smallest absolute Gasteiger partial charge is 0.407 e. The van der Waals surface area contributed by atoms with E-state index in [0.717, 1.165) is 24.1 Å². The lowest BCUT2D eigenvalue weighted by Crippen LogP contribution is -2.33. The third kappa shape index (κ3) is 8.05. The van der Waals surface area contributed by atoms with Gasteiger partial charge in [0, 0.05) is 23.7 Å². The summed E-state index contributed by atoms with van der Waals surface area (Å²) < 4.78 is 29.5. The second-order valence-electron chi connectivity index (χ2n) is 11.8. The molecule has 2 fully saturated rings. The van der Waals surface area contributed by atoms with Crippen LogP contribution >= 0.6 is 0 Å². The van der Waals surface area contributed by atoms with E-state index in [1.54, 1.807) is 25.1 Å². The molecule has 2 aromatic heterocycles. The molecule has 13 heteroatoms. The number of aryl methyl sites for hydroxylation is 1. The number of amides is 2. The van der Waals surface area contributed by atoms with Crippen LogP contribution in [0.4, 0.5) is 10.6 Å². The number of carbonyl (C=O) groups is 2. The SMILES string of the molecule is Cc1ncc(Oc2cccc(OCc3ccccc3)c2C2OCCO2)nc1C(=O)Nc1cc([C@H]2CC[C@@H](OC(=O)NC(C)C)C2)[nH]n1. The fourth-order valence-corrected chi connectivity index (χ4v) is 5.58. The molecular weight excluding hydrogens is 604 g/mol. The zero-order chi connectivity index (χ0) is 32.8. The minimum atomic E-state index is -0.689. The Hall–Kier alpha value is -5.01. The quantitative estimate of drug-likeness (QED) is 0.179. The Kier molecular flexibility index (Phi) is 9.93. The van der Waals surface area contributed by atoms with E-state index in [1.165, 1.54) is 6.20 Å². The topological polar surface area (TPSA) is 159 Å². The maximum atomic E-state index is 13.3. The Bertz CT molecular complexity index is 1690. The fraction of sp³-hybridized carbons (Fsp3) is 0.382. The van der Waals surface area contributed by atoms with Crippen LogP contribution in [0, 0.1) is 6.92 Å². The molecule has 13 nitrogen and oxygen atoms in total. The number of aromatic amines is 1. The zero-order valence-electron chi connectivity index (χ0n) is 26.5. The number of nitrogens with zero attached hydrogens (tertiary/aromatic N) is 3. The monoisotopic (exact) mass is 642 g/mol. The first-order valence-corrected chi connectivity index (χ1v) is 15.7. The number of anilines is 1. The van der Waals surface area contributed by atoms with Crippen LogP contribution in [-0.2, 0) is 20.8 Å². The van der Waals surface area contributed by atoms with Gasteiger partial charge in [0.1, 0.15) is 24.2 Å². The van der Waals surface area contributed by atoms with Crippen molar-refractivity contribution in [2.45, 2.75) is 71.0 Å². The Morgan fingerprint density at radius 1 is 1.04 bits per heavy atom. The molecular formula is C34H38N6O7. The summed E-state index contributed by atoms with van der Waals surface area (Å²) in [5.41, 5.74) is 2.95. The largest absolute Gasteiger partial charge is 0.488 e. The van der Waals surface area contributed by atoms with Crippen LogP contribution < -0.4 is 20.1 Å². The molecule has 1 saturated heterocycles. The Labute approximate surface area is 272 Å². The van der Waals surface area contributed by atoms with Crippen LogP contribution in [0.25, 0.3) is 0 Å². The van der Waals surface area contributed by atoms with E-state index in [4.69, 9.17) is 23.7 Å². The first-order valence-electron chi connectivity index (χ1n) is 15.7. The molecule has 3 heterocycles. The van der Waals surface area contributed by atoms with Crippen LogP contribution in [0.2, 0.25) is 0 Å². The molecule has 2 aromatic carbocycles. The number of carbonyl (C=O) groups excluding carboxylic acids is 2. The van der Waals surface area contributed by atoms with Crippen molar-refractivity contribution in [2.24, 2.45) is 0 Å². The molecule has 2 aliphatic rings. The number of nitrogens with one attached hydrogen (secondary N) is 3. The first kappa shape index (κ1) is 32.0. The highest BCUT2D eigenvalue weighted by Gasteiger charge is 2.31. The van der Waals surface area contributed by atoms with Crippen molar-refractivity contribution in [3.63, 3.8) is 0 Å². The zero-order valence-corrected chi connectivity index (χ0v) is 26.5. The molecule has 0 bridgehead atoms. The first-order chi connectivity index (χ1) is 22.8. The maximum Gasteiger partial charge on any atom is 0.407 e. The predicted octanol–water partition coefficient (Wildman–Crippen LogP) is 5.95. The number of benzene rings is 2. The van der Waals surface area contributed by atoms with Gasteiger partial charge in [-0.05, 0) is 57.7 Å². The molecule has 2 amide bonds. The fourth-order valence-electron chi connectivity index (χ4n) is 5.58. The molecule has 1 aliphatic heterocycles. The second-order valence-corrected chi connectivity index (χ2v) is 11.8. The van der Waals surface area contributed by atoms with Gasteiger partial charge in [-0.1, -0.05) is 36.4 Å². The van der Waals surface area contributed by atoms with Crippen LogP contribution in [0.3, 0.4) is 0 Å². The average molecular weight is 643 g/mol. The van der Waals surface area contributed by atoms with E-state index < -0.39 is 18.3 Å². The number of H-pyrrole nitrogens is 1. The molecule has 6 rings (SSSR count). The summed E-state index contributed by atoms with van der Waals surface area (Å²) in [7, 11) is 0. The van der Waals surface area contributed by atoms with Crippen molar-refractivity contribution < 1.29 is 33.3 Å². The molecule has 0 radical (unpaired) electrons. The highest BCUT2D eigenvalue weighted by molar-refractivity contribution is 6.03. The van der Waals surface area contributed by atoms with Crippen molar-refractivity contribution in [3.8, 4) is 17.4 Å². The minimum absolute atomic E-state index is 0.00798. The summed E-state index contributed by atoms with van der Waals surface area (Å²) in [4.78, 5) is 34.2. The van der Waals surface area contributed by atoms with Gasteiger partial charge in [-0.3, -0.25) is 14.9 Å². The van der Waals surface area contributed by atoms with Crippen molar-refractivity contribution >= 4 is 17.8 Å². The Morgan fingerprint density at radius 3 is 2.62 bits per heavy atom. The van der Waals surface area contributed by atoms with E-state index in [0.29, 0.717) is 54.8 Å². The summed E-state index contributed by atoms with van der Waals surface area (Å²) in [5, 5.41) is 12.8. The molecule has 246 valence electrons. The highest BCUT2D eigenvalue weighted by Crippen LogP contribution is 2.40. The molecule has 4 aromatic rings. The van der Waals surface area contributed by atoms with Crippen LogP contribution in [0.5, 0.6) is 17.4 Å². The van der Waals surface area contributed by atoms with Crippen LogP contribution in [0.15, 0.2) is 60.8 Å². The molecule has 2 atom stereocenters. The molecule has 0 spiro atoms. The van der Waals surface area contributed by atoms with E-state index in [-0.39, 0.29) is 29.6 Å². The van der Waals surface area contributed by atoms with Crippen molar-refractivity contribution in [3.05, 3.63) is 89.0 Å². The molecule has 47 heavy (non-hydrogen) atoms. The lowest BCUT2D eigenvalue weighted by atomic mass is 10.0. The Balaban J connectivity index is 1.13. The lowest BCUT2D eigenvalue weighted by molar-refractivity contribution is -0.0470. The van der Waals surface area contributed by atoms with Crippen LogP contribution in [-0.4, -0.2) is 57.5 Å². The van der Waals surface area contributed by atoms with Gasteiger partial charge in [-0.15, -0.1) is 0 Å². The van der Waals surface area contributed by atoms with Gasteiger partial charge in [0.2, 0.25) is 5.88 Å². The van der Waals surface area contributed by atoms with Crippen molar-refractivity contribution in [2.75, 3.05) is 18.5 Å². The number of rotatable bonds is 11. The summed E-state index contributed by atoms with van der Waals surface area (Å²) in [6.45, 7) is 6.68. The van der Waals surface area contributed by atoms with Crippen molar-refractivity contribution in [1.29, 1.82) is 0 Å². The number of hydrogen-bond donors (Lipinski definition) is 3. The predicted molar refractivity (Wildman–Crippen MR) is 170 cm³/mol. The lowest BCUT2D eigenvalue weighted by Gasteiger charge is -2.19. The summed E-state index contributed by atoms with van der Waals surface area (Å²) in [6, 6.07) is 17.0. The van der Waals surface area contributed by atoms with Gasteiger partial charge in [0.15, 0.2) is 17.8 Å². The van der Waals surface area contributed by atoms with E-state index >= 15 is 0 Å². The van der Waals surface area contributed by atoms with Gasteiger partial charge in [-0.2, -0.15) is 5.10 Å². The molecule has 3 N–H and O–H groups in total. The maximum absolute atomic E-state index is 13.3. The number of hydrogen-bond acceptors (Lipinski definition) is 10. The number of alkyl carbamates (subject to hydrolysis) is 1. The molecule has 0 unspecified atom stereocenters. The van der Waals surface area contributed by atoms with E-state index in [2.05, 4.69) is 30.8 Å². The van der Waals surface area contributed by atoms with Gasteiger partial charge in [-0.25, -0.2) is 9.78 Å². The number of aromatic nitrogens is 4. The molecule has 1 saturated carbocycles. The van der Waals surface area contributed by atoms with Crippen LogP contribution in [0.1, 0.15) is 78.3 Å².